The first-order valence-electron chi connectivity index (χ1n) is 7.67. The summed E-state index contributed by atoms with van der Waals surface area (Å²) in [6.07, 6.45) is 3.44. The van der Waals surface area contributed by atoms with Crippen molar-refractivity contribution in [3.8, 4) is 0 Å². The predicted octanol–water partition coefficient (Wildman–Crippen LogP) is 6.30. The normalized spacial score (nSPS) is 12.3. The molecule has 1 nitrogen and oxygen atoms in total. The Morgan fingerprint density at radius 1 is 1.09 bits per heavy atom. The molecule has 0 aliphatic carbocycles. The third-order valence-electron chi connectivity index (χ3n) is 3.57. The third-order valence-corrected chi connectivity index (χ3v) is 5.16. The maximum absolute atomic E-state index is 5.98. The van der Waals surface area contributed by atoms with Gasteiger partial charge >= 0.3 is 0 Å². The molecule has 0 fully saturated rings. The number of unbranched alkanes of at least 4 members (excludes halogenated alkanes) is 1. The lowest BCUT2D eigenvalue weighted by atomic mass is 10.0. The number of hydrogen-bond acceptors (Lipinski definition) is 2. The molecule has 0 aromatic heterocycles. The average Bonchev–Trinajstić information content (AvgIpc) is 2.52. The lowest BCUT2D eigenvalue weighted by Crippen LogP contribution is -1.97. The van der Waals surface area contributed by atoms with Gasteiger partial charge in [-0.25, -0.2) is 0 Å². The van der Waals surface area contributed by atoms with Crippen molar-refractivity contribution in [3.63, 3.8) is 0 Å². The SMILES string of the molecule is COCCCCC(Sc1ccc(Cl)cc1)c1cccc(C)c1. The third kappa shape index (κ3) is 5.68. The van der Waals surface area contributed by atoms with Crippen LogP contribution in [0.1, 0.15) is 35.6 Å². The minimum Gasteiger partial charge on any atom is -0.385 e. The molecule has 0 spiro atoms. The van der Waals surface area contributed by atoms with Gasteiger partial charge in [-0.1, -0.05) is 41.4 Å². The first-order chi connectivity index (χ1) is 10.7. The molecule has 0 bridgehead atoms. The number of halogens is 1. The van der Waals surface area contributed by atoms with Gasteiger partial charge < -0.3 is 4.74 Å². The number of benzene rings is 2. The number of methoxy groups -OCH3 is 1. The highest BCUT2D eigenvalue weighted by atomic mass is 35.5. The van der Waals surface area contributed by atoms with Crippen LogP contribution < -0.4 is 0 Å². The van der Waals surface area contributed by atoms with Crippen LogP contribution in [0.15, 0.2) is 53.4 Å². The Kier molecular flexibility index (Phi) is 7.31. The first-order valence-corrected chi connectivity index (χ1v) is 8.92. The number of aryl methyl sites for hydroxylation is 1. The molecule has 2 aromatic rings. The van der Waals surface area contributed by atoms with Gasteiger partial charge in [0.05, 0.1) is 0 Å². The summed E-state index contributed by atoms with van der Waals surface area (Å²) in [6, 6.07) is 17.0. The minimum atomic E-state index is 0.470. The molecule has 118 valence electrons. The summed E-state index contributed by atoms with van der Waals surface area (Å²) in [4.78, 5) is 1.27. The van der Waals surface area contributed by atoms with Crippen molar-refractivity contribution in [2.45, 2.75) is 36.3 Å². The van der Waals surface area contributed by atoms with E-state index in [1.165, 1.54) is 22.4 Å². The quantitative estimate of drug-likeness (QED) is 0.414. The Morgan fingerprint density at radius 2 is 1.86 bits per heavy atom. The van der Waals surface area contributed by atoms with Gasteiger partial charge in [-0.15, -0.1) is 11.8 Å². The van der Waals surface area contributed by atoms with Crippen LogP contribution >= 0.6 is 23.4 Å². The topological polar surface area (TPSA) is 9.23 Å². The van der Waals surface area contributed by atoms with E-state index in [9.17, 15) is 0 Å². The number of thioether (sulfide) groups is 1. The largest absolute Gasteiger partial charge is 0.385 e. The molecule has 0 radical (unpaired) electrons. The van der Waals surface area contributed by atoms with Gasteiger partial charge in [-0.05, 0) is 56.0 Å². The molecule has 0 N–H and O–H groups in total. The molecule has 0 saturated carbocycles. The second kappa shape index (κ2) is 9.24. The Hall–Kier alpha value is -0.960. The monoisotopic (exact) mass is 334 g/mol. The molecule has 22 heavy (non-hydrogen) atoms. The van der Waals surface area contributed by atoms with Crippen molar-refractivity contribution < 1.29 is 4.74 Å². The molecule has 2 aromatic carbocycles. The molecule has 2 rings (SSSR count). The van der Waals surface area contributed by atoms with Gasteiger partial charge in [0.2, 0.25) is 0 Å². The van der Waals surface area contributed by atoms with Crippen LogP contribution in [0.4, 0.5) is 0 Å². The molecule has 0 aliphatic heterocycles. The van der Waals surface area contributed by atoms with Crippen LogP contribution in [0.25, 0.3) is 0 Å². The fourth-order valence-electron chi connectivity index (χ4n) is 2.42. The van der Waals surface area contributed by atoms with Crippen molar-refractivity contribution in [2.24, 2.45) is 0 Å². The van der Waals surface area contributed by atoms with E-state index in [-0.39, 0.29) is 0 Å². The van der Waals surface area contributed by atoms with Crippen LogP contribution in [0.3, 0.4) is 0 Å². The van der Waals surface area contributed by atoms with E-state index in [1.54, 1.807) is 7.11 Å². The van der Waals surface area contributed by atoms with Gasteiger partial charge in [0.1, 0.15) is 0 Å². The van der Waals surface area contributed by atoms with E-state index in [1.807, 2.05) is 23.9 Å². The maximum Gasteiger partial charge on any atom is 0.0462 e. The van der Waals surface area contributed by atoms with E-state index in [0.717, 1.165) is 24.5 Å². The predicted molar refractivity (Wildman–Crippen MR) is 97.0 cm³/mol. The van der Waals surface area contributed by atoms with E-state index in [2.05, 4.69) is 43.3 Å². The van der Waals surface area contributed by atoms with Gasteiger partial charge in [-0.3, -0.25) is 0 Å². The van der Waals surface area contributed by atoms with Crippen molar-refractivity contribution in [1.82, 2.24) is 0 Å². The summed E-state index contributed by atoms with van der Waals surface area (Å²) in [5.41, 5.74) is 2.72. The summed E-state index contributed by atoms with van der Waals surface area (Å²) in [7, 11) is 1.76. The summed E-state index contributed by atoms with van der Waals surface area (Å²) >= 11 is 7.90. The zero-order chi connectivity index (χ0) is 15.8. The van der Waals surface area contributed by atoms with Gasteiger partial charge in [0.15, 0.2) is 0 Å². The highest BCUT2D eigenvalue weighted by molar-refractivity contribution is 7.99. The molecule has 0 aliphatic rings. The zero-order valence-electron chi connectivity index (χ0n) is 13.2. The Labute approximate surface area is 143 Å². The summed E-state index contributed by atoms with van der Waals surface area (Å²) in [5.74, 6) is 0. The van der Waals surface area contributed by atoms with Gasteiger partial charge in [0, 0.05) is 28.9 Å². The summed E-state index contributed by atoms with van der Waals surface area (Å²) in [5, 5.41) is 1.26. The number of ether oxygens (including phenoxy) is 1. The zero-order valence-corrected chi connectivity index (χ0v) is 14.8. The van der Waals surface area contributed by atoms with Crippen LogP contribution in [0.2, 0.25) is 5.02 Å². The molecule has 0 saturated heterocycles. The van der Waals surface area contributed by atoms with E-state index in [4.69, 9.17) is 16.3 Å². The minimum absolute atomic E-state index is 0.470. The van der Waals surface area contributed by atoms with Crippen LogP contribution in [0, 0.1) is 6.92 Å². The Morgan fingerprint density at radius 3 is 2.55 bits per heavy atom. The van der Waals surface area contributed by atoms with Crippen molar-refractivity contribution >= 4 is 23.4 Å². The number of hydrogen-bond donors (Lipinski definition) is 0. The fraction of sp³-hybridized carbons (Fsp3) is 0.368. The van der Waals surface area contributed by atoms with Crippen LogP contribution in [-0.4, -0.2) is 13.7 Å². The van der Waals surface area contributed by atoms with Gasteiger partial charge in [0.25, 0.3) is 0 Å². The molecule has 1 atom stereocenters. The second-order valence-corrected chi connectivity index (χ2v) is 7.18. The highest BCUT2D eigenvalue weighted by Gasteiger charge is 2.13. The second-order valence-electron chi connectivity index (χ2n) is 5.46. The van der Waals surface area contributed by atoms with Crippen molar-refractivity contribution in [1.29, 1.82) is 0 Å². The van der Waals surface area contributed by atoms with E-state index >= 15 is 0 Å². The van der Waals surface area contributed by atoms with Crippen molar-refractivity contribution in [2.75, 3.05) is 13.7 Å². The first kappa shape index (κ1) is 17.4. The van der Waals surface area contributed by atoms with Crippen LogP contribution in [-0.2, 0) is 4.74 Å². The fourth-order valence-corrected chi connectivity index (χ4v) is 3.73. The smallest absolute Gasteiger partial charge is 0.0462 e. The molecular formula is C19H23ClOS. The lowest BCUT2D eigenvalue weighted by molar-refractivity contribution is 0.192. The van der Waals surface area contributed by atoms with E-state index < -0.39 is 0 Å². The Bertz CT molecular complexity index is 568. The Balaban J connectivity index is 2.08. The van der Waals surface area contributed by atoms with Gasteiger partial charge in [-0.2, -0.15) is 0 Å². The standard InChI is InChI=1S/C19H23ClOS/c1-15-6-5-7-16(14-15)19(8-3-4-13-21-2)22-18-11-9-17(20)10-12-18/h5-7,9-12,14,19H,3-4,8,13H2,1-2H3. The average molecular weight is 335 g/mol. The molecule has 1 unspecified atom stereocenters. The maximum atomic E-state index is 5.98. The summed E-state index contributed by atoms with van der Waals surface area (Å²) in [6.45, 7) is 2.99. The molecular weight excluding hydrogens is 312 g/mol. The number of rotatable bonds is 8. The molecule has 0 heterocycles. The lowest BCUT2D eigenvalue weighted by Gasteiger charge is -2.18. The van der Waals surface area contributed by atoms with Crippen molar-refractivity contribution in [3.05, 3.63) is 64.7 Å². The van der Waals surface area contributed by atoms with Crippen LogP contribution in [0.5, 0.6) is 0 Å². The highest BCUT2D eigenvalue weighted by Crippen LogP contribution is 2.39. The summed E-state index contributed by atoms with van der Waals surface area (Å²) < 4.78 is 5.16. The van der Waals surface area contributed by atoms with E-state index in [0.29, 0.717) is 5.25 Å². The molecule has 3 heteroatoms. The molecule has 0 amide bonds.